The van der Waals surface area contributed by atoms with Gasteiger partial charge >= 0.3 is 0 Å². The van der Waals surface area contributed by atoms with E-state index in [0.29, 0.717) is 32.7 Å². The van der Waals surface area contributed by atoms with E-state index in [4.69, 9.17) is 4.42 Å². The largest absolute Gasteiger partial charge is 0.468 e. The molecule has 2 amide bonds. The van der Waals surface area contributed by atoms with E-state index in [0.717, 1.165) is 17.0 Å². The quantitative estimate of drug-likeness (QED) is 0.764. The summed E-state index contributed by atoms with van der Waals surface area (Å²) in [5, 5.41) is 6.11. The first-order valence-electron chi connectivity index (χ1n) is 9.64. The number of carbonyl (C=O) groups excluding carboxylic acids is 2. The first-order valence-corrected chi connectivity index (χ1v) is 9.64. The maximum Gasteiger partial charge on any atom is 0.238 e. The van der Waals surface area contributed by atoms with Crippen LogP contribution in [0.5, 0.6) is 0 Å². The van der Waals surface area contributed by atoms with Gasteiger partial charge in [-0.15, -0.1) is 0 Å². The lowest BCUT2D eigenvalue weighted by Crippen LogP contribution is -2.52. The van der Waals surface area contributed by atoms with Crippen LogP contribution in [0.4, 0.5) is 5.69 Å². The molecule has 1 atom stereocenters. The predicted molar refractivity (Wildman–Crippen MR) is 108 cm³/mol. The molecule has 1 aromatic carbocycles. The molecular formula is C21H28N4O3. The van der Waals surface area contributed by atoms with Crippen molar-refractivity contribution in [1.29, 1.82) is 0 Å². The van der Waals surface area contributed by atoms with Gasteiger partial charge in [0.1, 0.15) is 5.76 Å². The fourth-order valence-electron chi connectivity index (χ4n) is 3.19. The molecule has 2 N–H and O–H groups in total. The van der Waals surface area contributed by atoms with Crippen molar-refractivity contribution in [2.45, 2.75) is 19.9 Å². The minimum atomic E-state index is -0.0300. The van der Waals surface area contributed by atoms with Crippen LogP contribution in [0.3, 0.4) is 0 Å². The molecule has 0 aliphatic carbocycles. The lowest BCUT2D eigenvalue weighted by atomic mass is 10.2. The Balaban J connectivity index is 1.37. The van der Waals surface area contributed by atoms with E-state index >= 15 is 0 Å². The highest BCUT2D eigenvalue weighted by Crippen LogP contribution is 2.12. The zero-order valence-corrected chi connectivity index (χ0v) is 16.5. The fourth-order valence-corrected chi connectivity index (χ4v) is 3.19. The Labute approximate surface area is 165 Å². The Kier molecular flexibility index (Phi) is 6.84. The third-order valence-corrected chi connectivity index (χ3v) is 4.96. The number of hydrogen-bond acceptors (Lipinski definition) is 5. The molecular weight excluding hydrogens is 356 g/mol. The molecule has 7 nitrogen and oxygen atoms in total. The number of furan rings is 1. The molecule has 0 saturated carbocycles. The molecule has 2 heterocycles. The van der Waals surface area contributed by atoms with E-state index in [1.165, 1.54) is 0 Å². The molecule has 7 heteroatoms. The lowest BCUT2D eigenvalue weighted by Gasteiger charge is -2.34. The van der Waals surface area contributed by atoms with E-state index in [9.17, 15) is 9.59 Å². The molecule has 0 bridgehead atoms. The summed E-state index contributed by atoms with van der Waals surface area (Å²) in [5.41, 5.74) is 1.97. The summed E-state index contributed by atoms with van der Waals surface area (Å²) in [6, 6.07) is 11.5. The molecule has 1 aliphatic heterocycles. The lowest BCUT2D eigenvalue weighted by molar-refractivity contribution is -0.132. The second-order valence-corrected chi connectivity index (χ2v) is 7.19. The van der Waals surface area contributed by atoms with Crippen LogP contribution in [-0.4, -0.2) is 60.9 Å². The minimum Gasteiger partial charge on any atom is -0.468 e. The Morgan fingerprint density at radius 2 is 1.82 bits per heavy atom. The zero-order chi connectivity index (χ0) is 19.9. The van der Waals surface area contributed by atoms with Crippen LogP contribution >= 0.6 is 0 Å². The number of piperazine rings is 1. The van der Waals surface area contributed by atoms with Crippen LogP contribution in [0.2, 0.25) is 0 Å². The van der Waals surface area contributed by atoms with Crippen molar-refractivity contribution >= 4 is 17.5 Å². The van der Waals surface area contributed by atoms with E-state index in [2.05, 4.69) is 15.5 Å². The van der Waals surface area contributed by atoms with Crippen molar-refractivity contribution in [3.05, 3.63) is 54.0 Å². The highest BCUT2D eigenvalue weighted by Gasteiger charge is 2.22. The molecule has 1 saturated heterocycles. The van der Waals surface area contributed by atoms with Gasteiger partial charge in [-0.3, -0.25) is 19.8 Å². The summed E-state index contributed by atoms with van der Waals surface area (Å²) in [6.45, 7) is 7.25. The van der Waals surface area contributed by atoms with Crippen molar-refractivity contribution in [1.82, 2.24) is 15.1 Å². The number of rotatable bonds is 7. The second-order valence-electron chi connectivity index (χ2n) is 7.19. The van der Waals surface area contributed by atoms with Crippen LogP contribution in [0.25, 0.3) is 0 Å². The standard InChI is InChI=1S/C21H28N4O3/c1-16-5-7-18(8-6-16)23-20(26)15-24-9-11-25(12-10-24)21(27)14-22-17(2)19-4-3-13-28-19/h3-8,13,17,22H,9-12,14-15H2,1-2H3,(H,23,26)/t17-/m1/s1. The van der Waals surface area contributed by atoms with Gasteiger partial charge in [0, 0.05) is 31.9 Å². The Morgan fingerprint density at radius 3 is 2.46 bits per heavy atom. The maximum atomic E-state index is 12.4. The van der Waals surface area contributed by atoms with Crippen molar-refractivity contribution in [3.63, 3.8) is 0 Å². The van der Waals surface area contributed by atoms with Gasteiger partial charge in [0.2, 0.25) is 11.8 Å². The average Bonchev–Trinajstić information content (AvgIpc) is 3.23. The van der Waals surface area contributed by atoms with Crippen LogP contribution in [0.1, 0.15) is 24.3 Å². The van der Waals surface area contributed by atoms with Crippen LogP contribution in [0, 0.1) is 6.92 Å². The highest BCUT2D eigenvalue weighted by molar-refractivity contribution is 5.92. The number of benzene rings is 1. The average molecular weight is 384 g/mol. The van der Waals surface area contributed by atoms with Gasteiger partial charge in [-0.25, -0.2) is 0 Å². The summed E-state index contributed by atoms with van der Waals surface area (Å²) in [5.74, 6) is 0.858. The Bertz CT molecular complexity index is 765. The summed E-state index contributed by atoms with van der Waals surface area (Å²) >= 11 is 0. The van der Waals surface area contributed by atoms with Crippen LogP contribution in [0.15, 0.2) is 47.1 Å². The van der Waals surface area contributed by atoms with Gasteiger partial charge in [-0.1, -0.05) is 17.7 Å². The van der Waals surface area contributed by atoms with E-state index in [1.54, 1.807) is 6.26 Å². The Morgan fingerprint density at radius 1 is 1.11 bits per heavy atom. The number of nitrogens with zero attached hydrogens (tertiary/aromatic N) is 2. The molecule has 150 valence electrons. The molecule has 0 spiro atoms. The first kappa shape index (κ1) is 20.1. The van der Waals surface area contributed by atoms with Crippen molar-refractivity contribution in [2.75, 3.05) is 44.6 Å². The highest BCUT2D eigenvalue weighted by atomic mass is 16.3. The van der Waals surface area contributed by atoms with Crippen molar-refractivity contribution in [3.8, 4) is 0 Å². The zero-order valence-electron chi connectivity index (χ0n) is 16.5. The third kappa shape index (κ3) is 5.68. The number of amides is 2. The van der Waals surface area contributed by atoms with Gasteiger partial charge in [0.25, 0.3) is 0 Å². The Hall–Kier alpha value is -2.64. The van der Waals surface area contributed by atoms with Gasteiger partial charge in [-0.05, 0) is 38.1 Å². The number of carbonyl (C=O) groups is 2. The summed E-state index contributed by atoms with van der Waals surface area (Å²) in [7, 11) is 0. The number of anilines is 1. The molecule has 1 aromatic heterocycles. The smallest absolute Gasteiger partial charge is 0.238 e. The second kappa shape index (κ2) is 9.52. The van der Waals surface area contributed by atoms with Gasteiger partial charge in [0.15, 0.2) is 0 Å². The van der Waals surface area contributed by atoms with E-state index < -0.39 is 0 Å². The summed E-state index contributed by atoms with van der Waals surface area (Å²) in [6.07, 6.45) is 1.63. The topological polar surface area (TPSA) is 77.8 Å². The van der Waals surface area contributed by atoms with Crippen LogP contribution in [-0.2, 0) is 9.59 Å². The van der Waals surface area contributed by atoms with E-state index in [1.807, 2.05) is 55.1 Å². The fraction of sp³-hybridized carbons (Fsp3) is 0.429. The van der Waals surface area contributed by atoms with Crippen molar-refractivity contribution < 1.29 is 14.0 Å². The molecule has 28 heavy (non-hydrogen) atoms. The normalized spacial score (nSPS) is 16.0. The predicted octanol–water partition coefficient (Wildman–Crippen LogP) is 2.02. The molecule has 2 aromatic rings. The van der Waals surface area contributed by atoms with Gasteiger partial charge in [0.05, 0.1) is 25.4 Å². The molecule has 1 aliphatic rings. The van der Waals surface area contributed by atoms with E-state index in [-0.39, 0.29) is 24.4 Å². The van der Waals surface area contributed by atoms with Crippen LogP contribution < -0.4 is 10.6 Å². The number of hydrogen-bond donors (Lipinski definition) is 2. The monoisotopic (exact) mass is 384 g/mol. The van der Waals surface area contributed by atoms with Gasteiger partial charge in [-0.2, -0.15) is 0 Å². The maximum absolute atomic E-state index is 12.4. The third-order valence-electron chi connectivity index (χ3n) is 4.96. The molecule has 0 radical (unpaired) electrons. The number of nitrogens with one attached hydrogen (secondary N) is 2. The number of aryl methyl sites for hydroxylation is 1. The van der Waals surface area contributed by atoms with Gasteiger partial charge < -0.3 is 14.6 Å². The SMILES string of the molecule is Cc1ccc(NC(=O)CN2CCN(C(=O)CN[C@H](C)c3ccco3)CC2)cc1. The summed E-state index contributed by atoms with van der Waals surface area (Å²) in [4.78, 5) is 28.5. The molecule has 3 rings (SSSR count). The minimum absolute atomic E-state index is 0.00860. The van der Waals surface area contributed by atoms with Crippen molar-refractivity contribution in [2.24, 2.45) is 0 Å². The molecule has 0 unspecified atom stereocenters. The summed E-state index contributed by atoms with van der Waals surface area (Å²) < 4.78 is 5.34. The molecule has 1 fully saturated rings. The first-order chi connectivity index (χ1) is 13.5.